The summed E-state index contributed by atoms with van der Waals surface area (Å²) in [7, 11) is 1.52. The van der Waals surface area contributed by atoms with E-state index in [1.54, 1.807) is 0 Å². The van der Waals surface area contributed by atoms with E-state index in [2.05, 4.69) is 9.47 Å². The van der Waals surface area contributed by atoms with Gasteiger partial charge in [-0.25, -0.2) is 4.79 Å². The number of aliphatic hydroxyl groups excluding tert-OH is 1. The third-order valence-corrected chi connectivity index (χ3v) is 1.37. The highest BCUT2D eigenvalue weighted by molar-refractivity contribution is 5.74. The molecule has 0 bridgehead atoms. The van der Waals surface area contributed by atoms with E-state index >= 15 is 0 Å². The number of aliphatic hydroxyl groups is 1. The van der Waals surface area contributed by atoms with Crippen LogP contribution in [0.25, 0.3) is 0 Å². The molecule has 0 fully saturated rings. The average Bonchev–Trinajstić information content (AvgIpc) is 2.05. The Balaban J connectivity index is 3.43. The van der Waals surface area contributed by atoms with Crippen LogP contribution in [0.1, 0.15) is 19.8 Å². The SMILES string of the molecule is CCCC(O)C(=O)OCCOC. The summed E-state index contributed by atoms with van der Waals surface area (Å²) in [6.07, 6.45) is 0.235. The largest absolute Gasteiger partial charge is 0.461 e. The van der Waals surface area contributed by atoms with Gasteiger partial charge in [-0.2, -0.15) is 0 Å². The van der Waals surface area contributed by atoms with E-state index in [1.165, 1.54) is 7.11 Å². The first kappa shape index (κ1) is 11.4. The number of esters is 1. The Labute approximate surface area is 72.5 Å². The summed E-state index contributed by atoms with van der Waals surface area (Å²) in [5.41, 5.74) is 0. The molecule has 1 atom stereocenters. The fourth-order valence-corrected chi connectivity index (χ4v) is 0.713. The lowest BCUT2D eigenvalue weighted by Gasteiger charge is -2.08. The maximum atomic E-state index is 10.9. The minimum absolute atomic E-state index is 0.204. The highest BCUT2D eigenvalue weighted by Gasteiger charge is 2.14. The maximum Gasteiger partial charge on any atom is 0.335 e. The van der Waals surface area contributed by atoms with Gasteiger partial charge in [0.2, 0.25) is 0 Å². The zero-order valence-electron chi connectivity index (χ0n) is 7.58. The second-order valence-electron chi connectivity index (χ2n) is 2.46. The maximum absolute atomic E-state index is 10.9. The first-order valence-electron chi connectivity index (χ1n) is 4.06. The van der Waals surface area contributed by atoms with Gasteiger partial charge in [-0.3, -0.25) is 0 Å². The molecule has 0 aromatic heterocycles. The third-order valence-electron chi connectivity index (χ3n) is 1.37. The summed E-state index contributed by atoms with van der Waals surface area (Å²) in [5, 5.41) is 9.10. The van der Waals surface area contributed by atoms with Crippen molar-refractivity contribution in [3.05, 3.63) is 0 Å². The van der Waals surface area contributed by atoms with E-state index < -0.39 is 12.1 Å². The molecule has 0 spiro atoms. The fourth-order valence-electron chi connectivity index (χ4n) is 0.713. The quantitative estimate of drug-likeness (QED) is 0.468. The minimum atomic E-state index is -0.980. The molecule has 1 N–H and O–H groups in total. The lowest BCUT2D eigenvalue weighted by Crippen LogP contribution is -2.24. The van der Waals surface area contributed by atoms with E-state index in [1.807, 2.05) is 6.92 Å². The molecular formula is C8H16O4. The molecule has 12 heavy (non-hydrogen) atoms. The number of carbonyl (C=O) groups excluding carboxylic acids is 1. The molecule has 0 saturated heterocycles. The highest BCUT2D eigenvalue weighted by Crippen LogP contribution is 1.98. The Bertz CT molecular complexity index is 124. The Hall–Kier alpha value is -0.610. The van der Waals surface area contributed by atoms with Crippen LogP contribution < -0.4 is 0 Å². The topological polar surface area (TPSA) is 55.8 Å². The number of rotatable bonds is 6. The predicted molar refractivity (Wildman–Crippen MR) is 43.7 cm³/mol. The van der Waals surface area contributed by atoms with Crippen molar-refractivity contribution < 1.29 is 19.4 Å². The molecule has 0 amide bonds. The summed E-state index contributed by atoms with van der Waals surface area (Å²) < 4.78 is 9.36. The Morgan fingerprint density at radius 2 is 2.17 bits per heavy atom. The van der Waals surface area contributed by atoms with Crippen molar-refractivity contribution in [1.82, 2.24) is 0 Å². The molecule has 0 aliphatic carbocycles. The van der Waals surface area contributed by atoms with Gasteiger partial charge >= 0.3 is 5.97 Å². The van der Waals surface area contributed by atoms with E-state index in [4.69, 9.17) is 5.11 Å². The van der Waals surface area contributed by atoms with Gasteiger partial charge in [0.15, 0.2) is 6.10 Å². The fraction of sp³-hybridized carbons (Fsp3) is 0.875. The van der Waals surface area contributed by atoms with Gasteiger partial charge in [0.05, 0.1) is 6.61 Å². The van der Waals surface area contributed by atoms with E-state index in [0.29, 0.717) is 13.0 Å². The number of ether oxygens (including phenoxy) is 2. The van der Waals surface area contributed by atoms with E-state index in [9.17, 15) is 4.79 Å². The molecule has 4 nitrogen and oxygen atoms in total. The summed E-state index contributed by atoms with van der Waals surface area (Å²) in [6, 6.07) is 0. The molecule has 0 aromatic rings. The molecule has 72 valence electrons. The predicted octanol–water partition coefficient (Wildman–Crippen LogP) is 0.337. The molecule has 0 radical (unpaired) electrons. The van der Waals surface area contributed by atoms with Gasteiger partial charge in [0, 0.05) is 7.11 Å². The van der Waals surface area contributed by atoms with Gasteiger partial charge in [-0.1, -0.05) is 13.3 Å². The molecule has 0 rings (SSSR count). The summed E-state index contributed by atoms with van der Waals surface area (Å²) in [6.45, 7) is 2.46. The molecule has 0 saturated carbocycles. The summed E-state index contributed by atoms with van der Waals surface area (Å²) >= 11 is 0. The molecule has 4 heteroatoms. The molecule has 0 aliphatic heterocycles. The first-order chi connectivity index (χ1) is 5.72. The highest BCUT2D eigenvalue weighted by atomic mass is 16.6. The zero-order valence-corrected chi connectivity index (χ0v) is 7.58. The average molecular weight is 176 g/mol. The second kappa shape index (κ2) is 7.06. The van der Waals surface area contributed by atoms with Crippen LogP contribution in [-0.2, 0) is 14.3 Å². The van der Waals surface area contributed by atoms with Crippen LogP contribution in [-0.4, -0.2) is 37.5 Å². The van der Waals surface area contributed by atoms with Crippen LogP contribution in [0.15, 0.2) is 0 Å². The van der Waals surface area contributed by atoms with Crippen molar-refractivity contribution in [2.45, 2.75) is 25.9 Å². The molecule has 0 aromatic carbocycles. The van der Waals surface area contributed by atoms with Crippen molar-refractivity contribution in [2.75, 3.05) is 20.3 Å². The van der Waals surface area contributed by atoms with Crippen molar-refractivity contribution in [3.8, 4) is 0 Å². The Kier molecular flexibility index (Phi) is 6.70. The van der Waals surface area contributed by atoms with Crippen molar-refractivity contribution >= 4 is 5.97 Å². The van der Waals surface area contributed by atoms with E-state index in [-0.39, 0.29) is 6.61 Å². The monoisotopic (exact) mass is 176 g/mol. The van der Waals surface area contributed by atoms with Crippen molar-refractivity contribution in [2.24, 2.45) is 0 Å². The van der Waals surface area contributed by atoms with Gasteiger partial charge in [0.1, 0.15) is 6.61 Å². The van der Waals surface area contributed by atoms with Crippen LogP contribution in [0.2, 0.25) is 0 Å². The van der Waals surface area contributed by atoms with Crippen LogP contribution in [0.4, 0.5) is 0 Å². The number of carbonyl (C=O) groups is 1. The molecule has 1 unspecified atom stereocenters. The zero-order chi connectivity index (χ0) is 9.40. The van der Waals surface area contributed by atoms with E-state index in [0.717, 1.165) is 6.42 Å². The lowest BCUT2D eigenvalue weighted by atomic mass is 10.2. The van der Waals surface area contributed by atoms with Gasteiger partial charge in [-0.15, -0.1) is 0 Å². The number of methoxy groups -OCH3 is 1. The molecule has 0 heterocycles. The number of hydrogen-bond donors (Lipinski definition) is 1. The standard InChI is InChI=1S/C8H16O4/c1-3-4-7(9)8(10)12-6-5-11-2/h7,9H,3-6H2,1-2H3. The second-order valence-corrected chi connectivity index (χ2v) is 2.46. The van der Waals surface area contributed by atoms with Gasteiger partial charge in [0.25, 0.3) is 0 Å². The van der Waals surface area contributed by atoms with Crippen LogP contribution in [0.3, 0.4) is 0 Å². The van der Waals surface area contributed by atoms with Gasteiger partial charge in [-0.05, 0) is 6.42 Å². The van der Waals surface area contributed by atoms with Crippen LogP contribution in [0.5, 0.6) is 0 Å². The van der Waals surface area contributed by atoms with Crippen LogP contribution in [0, 0.1) is 0 Å². The summed E-state index contributed by atoms with van der Waals surface area (Å²) in [5.74, 6) is -0.561. The summed E-state index contributed by atoms with van der Waals surface area (Å²) in [4.78, 5) is 10.9. The smallest absolute Gasteiger partial charge is 0.335 e. The Morgan fingerprint density at radius 3 is 2.67 bits per heavy atom. The lowest BCUT2D eigenvalue weighted by molar-refractivity contribution is -0.155. The number of hydrogen-bond acceptors (Lipinski definition) is 4. The van der Waals surface area contributed by atoms with Crippen LogP contribution >= 0.6 is 0 Å². The minimum Gasteiger partial charge on any atom is -0.461 e. The molecule has 0 aliphatic rings. The van der Waals surface area contributed by atoms with Gasteiger partial charge < -0.3 is 14.6 Å². The van der Waals surface area contributed by atoms with Crippen molar-refractivity contribution in [3.63, 3.8) is 0 Å². The first-order valence-corrected chi connectivity index (χ1v) is 4.06. The normalized spacial score (nSPS) is 12.6. The Morgan fingerprint density at radius 1 is 1.50 bits per heavy atom. The van der Waals surface area contributed by atoms with Crippen molar-refractivity contribution in [1.29, 1.82) is 0 Å². The third kappa shape index (κ3) is 5.09. The molecular weight excluding hydrogens is 160 g/mol.